The second-order valence-corrected chi connectivity index (χ2v) is 13.2. The molecule has 0 unspecified atom stereocenters. The van der Waals surface area contributed by atoms with Gasteiger partial charge in [0.1, 0.15) is 11.6 Å². The number of hydrogen-bond acceptors (Lipinski definition) is 5. The van der Waals surface area contributed by atoms with E-state index in [1.807, 2.05) is 6.07 Å². The van der Waals surface area contributed by atoms with Gasteiger partial charge in [-0.1, -0.05) is 41.7 Å². The lowest BCUT2D eigenvalue weighted by Gasteiger charge is -2.39. The van der Waals surface area contributed by atoms with Gasteiger partial charge in [0.15, 0.2) is 11.4 Å². The van der Waals surface area contributed by atoms with E-state index in [9.17, 15) is 5.26 Å². The summed E-state index contributed by atoms with van der Waals surface area (Å²) in [7, 11) is 0. The SMILES string of the molecule is N#CC1=C2CCCN2[P@](=S)(SCc2ccccc2)N=C1N1CCOCC1. The van der Waals surface area contributed by atoms with Crippen LogP contribution >= 0.6 is 16.9 Å². The summed E-state index contributed by atoms with van der Waals surface area (Å²) < 4.78 is 12.8. The lowest BCUT2D eigenvalue weighted by atomic mass is 10.1. The molecule has 2 fully saturated rings. The van der Waals surface area contributed by atoms with Crippen LogP contribution in [0.25, 0.3) is 0 Å². The fraction of sp³-hybridized carbons (Fsp3) is 0.444. The van der Waals surface area contributed by atoms with E-state index < -0.39 is 5.54 Å². The molecule has 0 amide bonds. The number of morpholine rings is 1. The number of benzene rings is 1. The molecule has 0 aliphatic carbocycles. The van der Waals surface area contributed by atoms with E-state index in [0.717, 1.165) is 55.3 Å². The Morgan fingerprint density at radius 1 is 1.23 bits per heavy atom. The van der Waals surface area contributed by atoms with Crippen LogP contribution in [0.15, 0.2) is 46.4 Å². The zero-order valence-electron chi connectivity index (χ0n) is 14.5. The van der Waals surface area contributed by atoms with Crippen molar-refractivity contribution < 1.29 is 4.74 Å². The molecule has 0 aromatic heterocycles. The second-order valence-electron chi connectivity index (χ2n) is 6.43. The molecule has 4 rings (SSSR count). The number of ether oxygens (including phenoxy) is 1. The number of allylic oxidation sites excluding steroid dienone is 1. The number of nitrogens with zero attached hydrogens (tertiary/aromatic N) is 4. The minimum atomic E-state index is -2.18. The van der Waals surface area contributed by atoms with Crippen molar-refractivity contribution in [3.63, 3.8) is 0 Å². The van der Waals surface area contributed by atoms with Crippen LogP contribution in [0.4, 0.5) is 0 Å². The zero-order valence-corrected chi connectivity index (χ0v) is 17.0. The Balaban J connectivity index is 1.67. The fourth-order valence-electron chi connectivity index (χ4n) is 3.49. The number of nitriles is 1. The molecule has 0 N–H and O–H groups in total. The van der Waals surface area contributed by atoms with Crippen LogP contribution in [-0.4, -0.2) is 48.3 Å². The van der Waals surface area contributed by atoms with Gasteiger partial charge in [0.2, 0.25) is 0 Å². The topological polar surface area (TPSA) is 51.9 Å². The van der Waals surface area contributed by atoms with E-state index in [4.69, 9.17) is 21.3 Å². The Hall–Kier alpha value is -1.32. The van der Waals surface area contributed by atoms with Crippen LogP contribution in [0.5, 0.6) is 0 Å². The number of amidine groups is 1. The Morgan fingerprint density at radius 3 is 2.73 bits per heavy atom. The molecule has 0 bridgehead atoms. The van der Waals surface area contributed by atoms with Crippen LogP contribution in [-0.2, 0) is 22.3 Å². The largest absolute Gasteiger partial charge is 0.378 e. The first-order chi connectivity index (χ1) is 12.7. The van der Waals surface area contributed by atoms with Crippen LogP contribution in [0.3, 0.4) is 0 Å². The molecular weight excluding hydrogens is 383 g/mol. The molecule has 1 aromatic carbocycles. The Labute approximate surface area is 163 Å². The van der Waals surface area contributed by atoms with Gasteiger partial charge in [-0.15, -0.1) is 0 Å². The van der Waals surface area contributed by atoms with Gasteiger partial charge in [0.05, 0.1) is 13.2 Å². The van der Waals surface area contributed by atoms with Crippen molar-refractivity contribution in [3.05, 3.63) is 47.2 Å². The average Bonchev–Trinajstić information content (AvgIpc) is 3.19. The maximum absolute atomic E-state index is 9.82. The van der Waals surface area contributed by atoms with Crippen molar-refractivity contribution in [2.24, 2.45) is 4.76 Å². The Bertz CT molecular complexity index is 827. The summed E-state index contributed by atoms with van der Waals surface area (Å²) in [5, 5.41) is 9.82. The molecule has 8 heteroatoms. The molecule has 1 atom stereocenters. The summed E-state index contributed by atoms with van der Waals surface area (Å²) in [6, 6.07) is 12.8. The van der Waals surface area contributed by atoms with Crippen LogP contribution in [0.2, 0.25) is 0 Å². The predicted octanol–water partition coefficient (Wildman–Crippen LogP) is 3.76. The lowest BCUT2D eigenvalue weighted by molar-refractivity contribution is 0.0683. The summed E-state index contributed by atoms with van der Waals surface area (Å²) >= 11 is 7.92. The molecular formula is C18H21N4OPS2. The second kappa shape index (κ2) is 7.74. The standard InChI is InChI=1S/C18H21N4OPS2/c19-13-16-17-7-4-8-22(17)24(25,26-14-15-5-2-1-3-6-15)20-18(16)21-9-11-23-12-10-21/h1-3,5-6H,4,7-12,14H2/t24-/m1/s1. The maximum atomic E-state index is 9.82. The molecule has 1 aromatic rings. The number of rotatable bonds is 3. The summed E-state index contributed by atoms with van der Waals surface area (Å²) in [6.07, 6.45) is 1.98. The first kappa shape index (κ1) is 18.1. The van der Waals surface area contributed by atoms with Crippen molar-refractivity contribution in [1.82, 2.24) is 9.57 Å². The van der Waals surface area contributed by atoms with Gasteiger partial charge in [-0.05, 0) is 30.2 Å². The summed E-state index contributed by atoms with van der Waals surface area (Å²) in [5.74, 6) is 1.66. The summed E-state index contributed by atoms with van der Waals surface area (Å²) in [6.45, 7) is 3.82. The third-order valence-electron chi connectivity index (χ3n) is 4.80. The first-order valence-corrected chi connectivity index (χ1v) is 13.1. The molecule has 0 saturated carbocycles. The minimum absolute atomic E-state index is 0.677. The minimum Gasteiger partial charge on any atom is -0.378 e. The zero-order chi connectivity index (χ0) is 18.0. The van der Waals surface area contributed by atoms with Gasteiger partial charge in [-0.25, -0.2) is 4.76 Å². The Kier molecular flexibility index (Phi) is 5.37. The van der Waals surface area contributed by atoms with Crippen LogP contribution in [0, 0.1) is 11.3 Å². The van der Waals surface area contributed by atoms with E-state index in [1.165, 1.54) is 5.56 Å². The molecule has 2 saturated heterocycles. The molecule has 136 valence electrons. The van der Waals surface area contributed by atoms with Gasteiger partial charge >= 0.3 is 0 Å². The van der Waals surface area contributed by atoms with Gasteiger partial charge in [-0.2, -0.15) is 5.26 Å². The highest BCUT2D eigenvalue weighted by atomic mass is 32.9. The van der Waals surface area contributed by atoms with Crippen molar-refractivity contribution in [1.29, 1.82) is 5.26 Å². The maximum Gasteiger partial charge on any atom is 0.200 e. The molecule has 0 spiro atoms. The lowest BCUT2D eigenvalue weighted by Crippen LogP contribution is -2.43. The van der Waals surface area contributed by atoms with E-state index >= 15 is 0 Å². The normalized spacial score (nSPS) is 25.7. The molecule has 3 aliphatic heterocycles. The monoisotopic (exact) mass is 404 g/mol. The highest BCUT2D eigenvalue weighted by Gasteiger charge is 2.40. The molecule has 5 nitrogen and oxygen atoms in total. The molecule has 3 aliphatic rings. The Morgan fingerprint density at radius 2 is 2.00 bits per heavy atom. The van der Waals surface area contributed by atoms with Crippen molar-refractivity contribution in [2.45, 2.75) is 18.6 Å². The fourth-order valence-corrected chi connectivity index (χ4v) is 9.23. The number of fused-ring (bicyclic) bond motifs is 1. The van der Waals surface area contributed by atoms with E-state index in [2.05, 4.69) is 39.9 Å². The van der Waals surface area contributed by atoms with Gasteiger partial charge in [0.25, 0.3) is 0 Å². The number of hydrogen-bond donors (Lipinski definition) is 0. The van der Waals surface area contributed by atoms with Crippen LogP contribution < -0.4 is 0 Å². The van der Waals surface area contributed by atoms with Crippen molar-refractivity contribution in [3.8, 4) is 6.07 Å². The van der Waals surface area contributed by atoms with E-state index in [-0.39, 0.29) is 0 Å². The van der Waals surface area contributed by atoms with Crippen molar-refractivity contribution in [2.75, 3.05) is 32.8 Å². The molecule has 3 heterocycles. The van der Waals surface area contributed by atoms with E-state index in [1.54, 1.807) is 11.4 Å². The van der Waals surface area contributed by atoms with Crippen LogP contribution in [0.1, 0.15) is 18.4 Å². The highest BCUT2D eigenvalue weighted by Crippen LogP contribution is 2.69. The van der Waals surface area contributed by atoms with Gasteiger partial charge in [-0.3, -0.25) is 0 Å². The first-order valence-electron chi connectivity index (χ1n) is 8.84. The third-order valence-corrected chi connectivity index (χ3v) is 11.1. The highest BCUT2D eigenvalue weighted by molar-refractivity contribution is 8.69. The molecule has 0 radical (unpaired) electrons. The predicted molar refractivity (Wildman–Crippen MR) is 110 cm³/mol. The average molecular weight is 405 g/mol. The summed E-state index contributed by atoms with van der Waals surface area (Å²) in [5.41, 5.74) is 0.934. The smallest absolute Gasteiger partial charge is 0.200 e. The molecule has 26 heavy (non-hydrogen) atoms. The van der Waals surface area contributed by atoms with E-state index in [0.29, 0.717) is 13.2 Å². The van der Waals surface area contributed by atoms with Crippen molar-refractivity contribution >= 4 is 34.6 Å². The quantitative estimate of drug-likeness (QED) is 0.715. The van der Waals surface area contributed by atoms with Gasteiger partial charge < -0.3 is 14.3 Å². The summed E-state index contributed by atoms with van der Waals surface area (Å²) in [4.78, 5) is 2.19. The third kappa shape index (κ3) is 3.44. The van der Waals surface area contributed by atoms with Gasteiger partial charge in [0, 0.05) is 31.1 Å².